The van der Waals surface area contributed by atoms with Crippen LogP contribution in [0.25, 0.3) is 0 Å². The summed E-state index contributed by atoms with van der Waals surface area (Å²) in [6, 6.07) is 8.52. The molecule has 0 radical (unpaired) electrons. The van der Waals surface area contributed by atoms with Crippen molar-refractivity contribution in [3.8, 4) is 11.5 Å². The van der Waals surface area contributed by atoms with Crippen molar-refractivity contribution in [2.24, 2.45) is 0 Å². The molecule has 0 bridgehead atoms. The van der Waals surface area contributed by atoms with Crippen molar-refractivity contribution in [3.05, 3.63) is 41.6 Å². The van der Waals surface area contributed by atoms with E-state index in [1.165, 1.54) is 0 Å². The van der Waals surface area contributed by atoms with Gasteiger partial charge in [-0.1, -0.05) is 0 Å². The molecule has 1 heterocycles. The lowest BCUT2D eigenvalue weighted by molar-refractivity contribution is 0.262. The van der Waals surface area contributed by atoms with Gasteiger partial charge in [-0.3, -0.25) is 5.32 Å². The highest BCUT2D eigenvalue weighted by Crippen LogP contribution is 2.29. The third-order valence-corrected chi connectivity index (χ3v) is 2.98. The number of carbonyl (C=O) groups excluding carboxylic acids is 1. The molecule has 2 amide bonds. The van der Waals surface area contributed by atoms with Crippen molar-refractivity contribution in [1.82, 2.24) is 4.98 Å². The molecule has 0 aliphatic heterocycles. The average molecular weight is 301 g/mol. The maximum absolute atomic E-state index is 12.0. The number of pyridine rings is 1. The molecule has 2 N–H and O–H groups in total. The first-order chi connectivity index (χ1) is 10.5. The third kappa shape index (κ3) is 3.88. The van der Waals surface area contributed by atoms with Gasteiger partial charge in [0.25, 0.3) is 0 Å². The Labute approximate surface area is 129 Å². The van der Waals surface area contributed by atoms with Crippen LogP contribution >= 0.6 is 0 Å². The van der Waals surface area contributed by atoms with E-state index in [4.69, 9.17) is 9.47 Å². The Morgan fingerprint density at radius 2 is 1.73 bits per heavy atom. The highest BCUT2D eigenvalue weighted by Gasteiger charge is 2.08. The lowest BCUT2D eigenvalue weighted by Gasteiger charge is -2.11. The molecule has 2 rings (SSSR count). The van der Waals surface area contributed by atoms with Gasteiger partial charge in [-0.2, -0.15) is 0 Å². The van der Waals surface area contributed by atoms with Crippen LogP contribution in [0, 0.1) is 13.8 Å². The summed E-state index contributed by atoms with van der Waals surface area (Å²) in [5.41, 5.74) is 2.48. The number of aromatic nitrogens is 1. The molecule has 1 aromatic carbocycles. The number of ether oxygens (including phenoxy) is 2. The van der Waals surface area contributed by atoms with Gasteiger partial charge < -0.3 is 14.8 Å². The second-order valence-corrected chi connectivity index (χ2v) is 4.82. The first kappa shape index (κ1) is 15.6. The maximum Gasteiger partial charge on any atom is 0.324 e. The number of anilines is 2. The largest absolute Gasteiger partial charge is 0.493 e. The molecule has 0 fully saturated rings. The van der Waals surface area contributed by atoms with Gasteiger partial charge in [0, 0.05) is 17.4 Å². The molecule has 1 aromatic heterocycles. The van der Waals surface area contributed by atoms with E-state index in [1.54, 1.807) is 38.5 Å². The second-order valence-electron chi connectivity index (χ2n) is 4.82. The fourth-order valence-corrected chi connectivity index (χ4v) is 2.10. The first-order valence-electron chi connectivity index (χ1n) is 6.77. The number of amides is 2. The predicted octanol–water partition coefficient (Wildman–Crippen LogP) is 3.36. The van der Waals surface area contributed by atoms with E-state index in [1.807, 2.05) is 19.9 Å². The molecule has 22 heavy (non-hydrogen) atoms. The lowest BCUT2D eigenvalue weighted by Crippen LogP contribution is -2.20. The molecule has 0 saturated carbocycles. The van der Waals surface area contributed by atoms with Gasteiger partial charge in [0.15, 0.2) is 11.5 Å². The molecular weight excluding hydrogens is 282 g/mol. The van der Waals surface area contributed by atoms with E-state index in [0.717, 1.165) is 11.3 Å². The van der Waals surface area contributed by atoms with E-state index in [-0.39, 0.29) is 6.03 Å². The molecule has 6 nitrogen and oxygen atoms in total. The summed E-state index contributed by atoms with van der Waals surface area (Å²) in [7, 11) is 3.10. The normalized spacial score (nSPS) is 10.0. The van der Waals surface area contributed by atoms with Gasteiger partial charge in [0.05, 0.1) is 14.2 Å². The zero-order chi connectivity index (χ0) is 16.1. The van der Waals surface area contributed by atoms with Crippen LogP contribution in [0.3, 0.4) is 0 Å². The zero-order valence-corrected chi connectivity index (χ0v) is 13.1. The Balaban J connectivity index is 2.08. The number of benzene rings is 1. The molecule has 6 heteroatoms. The van der Waals surface area contributed by atoms with E-state index in [9.17, 15) is 4.79 Å². The van der Waals surface area contributed by atoms with Gasteiger partial charge >= 0.3 is 6.03 Å². The van der Waals surface area contributed by atoms with Gasteiger partial charge in [0.1, 0.15) is 5.82 Å². The topological polar surface area (TPSA) is 72.5 Å². The van der Waals surface area contributed by atoms with Crippen molar-refractivity contribution < 1.29 is 14.3 Å². The van der Waals surface area contributed by atoms with Gasteiger partial charge in [-0.15, -0.1) is 0 Å². The van der Waals surface area contributed by atoms with Crippen molar-refractivity contribution in [2.75, 3.05) is 24.9 Å². The molecular formula is C16H19N3O3. The standard InChI is InChI=1S/C16H19N3O3/c1-10-7-11(2)17-15(8-10)19-16(20)18-12-5-6-13(21-3)14(9-12)22-4/h5-9H,1-4H3,(H2,17,18,19,20). The number of rotatable bonds is 4. The van der Waals surface area contributed by atoms with Crippen LogP contribution in [0.5, 0.6) is 11.5 Å². The van der Waals surface area contributed by atoms with Crippen molar-refractivity contribution >= 4 is 17.5 Å². The van der Waals surface area contributed by atoms with E-state index in [0.29, 0.717) is 23.0 Å². The number of hydrogen-bond acceptors (Lipinski definition) is 4. The van der Waals surface area contributed by atoms with Crippen molar-refractivity contribution in [2.45, 2.75) is 13.8 Å². The quantitative estimate of drug-likeness (QED) is 0.908. The number of aryl methyl sites for hydroxylation is 2. The Morgan fingerprint density at radius 3 is 2.36 bits per heavy atom. The van der Waals surface area contributed by atoms with E-state index >= 15 is 0 Å². The monoisotopic (exact) mass is 301 g/mol. The van der Waals surface area contributed by atoms with E-state index < -0.39 is 0 Å². The van der Waals surface area contributed by atoms with Crippen LogP contribution in [0.15, 0.2) is 30.3 Å². The Morgan fingerprint density at radius 1 is 1.00 bits per heavy atom. The Hall–Kier alpha value is -2.76. The van der Waals surface area contributed by atoms with Crippen LogP contribution in [-0.4, -0.2) is 25.2 Å². The highest BCUT2D eigenvalue weighted by molar-refractivity contribution is 5.99. The van der Waals surface area contributed by atoms with Crippen LogP contribution in [-0.2, 0) is 0 Å². The minimum absolute atomic E-state index is 0.371. The molecule has 2 aromatic rings. The Bertz CT molecular complexity index is 666. The van der Waals surface area contributed by atoms with Crippen molar-refractivity contribution in [1.29, 1.82) is 0 Å². The number of hydrogen-bond donors (Lipinski definition) is 2. The molecule has 0 atom stereocenters. The first-order valence-corrected chi connectivity index (χ1v) is 6.77. The number of methoxy groups -OCH3 is 2. The third-order valence-electron chi connectivity index (χ3n) is 2.98. The lowest BCUT2D eigenvalue weighted by atomic mass is 10.2. The minimum Gasteiger partial charge on any atom is -0.493 e. The smallest absolute Gasteiger partial charge is 0.324 e. The van der Waals surface area contributed by atoms with Crippen LogP contribution in [0.4, 0.5) is 16.3 Å². The van der Waals surface area contributed by atoms with E-state index in [2.05, 4.69) is 15.6 Å². The van der Waals surface area contributed by atoms with Gasteiger partial charge in [-0.25, -0.2) is 9.78 Å². The summed E-state index contributed by atoms with van der Waals surface area (Å²) in [4.78, 5) is 16.3. The molecule has 0 saturated heterocycles. The average Bonchev–Trinajstić information content (AvgIpc) is 2.45. The SMILES string of the molecule is COc1ccc(NC(=O)Nc2cc(C)cc(C)n2)cc1OC. The summed E-state index contributed by atoms with van der Waals surface area (Å²) in [5, 5.41) is 5.43. The number of nitrogens with one attached hydrogen (secondary N) is 2. The molecule has 116 valence electrons. The summed E-state index contributed by atoms with van der Waals surface area (Å²) < 4.78 is 10.4. The summed E-state index contributed by atoms with van der Waals surface area (Å²) in [6.07, 6.45) is 0. The van der Waals surface area contributed by atoms with Crippen molar-refractivity contribution in [3.63, 3.8) is 0 Å². The van der Waals surface area contributed by atoms with Crippen LogP contribution in [0.2, 0.25) is 0 Å². The fourth-order valence-electron chi connectivity index (χ4n) is 2.10. The zero-order valence-electron chi connectivity index (χ0n) is 13.1. The predicted molar refractivity (Wildman–Crippen MR) is 85.9 cm³/mol. The second kappa shape index (κ2) is 6.80. The molecule has 0 unspecified atom stereocenters. The van der Waals surface area contributed by atoms with Crippen LogP contribution < -0.4 is 20.1 Å². The highest BCUT2D eigenvalue weighted by atomic mass is 16.5. The molecule has 0 aliphatic rings. The number of nitrogens with zero attached hydrogens (tertiary/aromatic N) is 1. The minimum atomic E-state index is -0.371. The van der Waals surface area contributed by atoms with Gasteiger partial charge in [0.2, 0.25) is 0 Å². The summed E-state index contributed by atoms with van der Waals surface area (Å²) >= 11 is 0. The number of urea groups is 1. The molecule has 0 spiro atoms. The molecule has 0 aliphatic carbocycles. The maximum atomic E-state index is 12.0. The fraction of sp³-hybridized carbons (Fsp3) is 0.250. The van der Waals surface area contributed by atoms with Gasteiger partial charge in [-0.05, 0) is 43.7 Å². The van der Waals surface area contributed by atoms with Crippen LogP contribution in [0.1, 0.15) is 11.3 Å². The Kier molecular flexibility index (Phi) is 4.83. The summed E-state index contributed by atoms with van der Waals surface area (Å²) in [6.45, 7) is 3.83. The summed E-state index contributed by atoms with van der Waals surface area (Å²) in [5.74, 6) is 1.66. The number of carbonyl (C=O) groups is 1.